The predicted octanol–water partition coefficient (Wildman–Crippen LogP) is 3.91. The zero-order chi connectivity index (χ0) is 19.1. The molecular weight excluding hydrogens is 420 g/mol. The number of carbonyl (C=O) groups excluding carboxylic acids is 1. The summed E-state index contributed by atoms with van der Waals surface area (Å²) >= 11 is 9.42. The van der Waals surface area contributed by atoms with E-state index in [1.54, 1.807) is 19.2 Å². The number of hydrogen-bond donors (Lipinski definition) is 1. The fourth-order valence-corrected chi connectivity index (χ4v) is 3.17. The maximum Gasteiger partial charge on any atom is 0.258 e. The molecule has 2 rings (SSSR count). The van der Waals surface area contributed by atoms with E-state index in [2.05, 4.69) is 21.2 Å². The van der Waals surface area contributed by atoms with Gasteiger partial charge in [-0.15, -0.1) is 0 Å². The summed E-state index contributed by atoms with van der Waals surface area (Å²) in [6, 6.07) is 13.1. The lowest BCUT2D eigenvalue weighted by atomic mass is 10.1. The number of ether oxygens (including phenoxy) is 2. The molecule has 26 heavy (non-hydrogen) atoms. The molecule has 1 atom stereocenters. The van der Waals surface area contributed by atoms with Crippen LogP contribution in [0.25, 0.3) is 0 Å². The molecule has 0 heterocycles. The van der Waals surface area contributed by atoms with Crippen molar-refractivity contribution in [2.45, 2.75) is 6.04 Å². The number of halogens is 2. The minimum atomic E-state index is -0.210. The quantitative estimate of drug-likeness (QED) is 0.675. The largest absolute Gasteiger partial charge is 0.497 e. The third kappa shape index (κ3) is 5.90. The second-order valence-electron chi connectivity index (χ2n) is 5.92. The molecule has 0 radical (unpaired) electrons. The second-order valence-corrected chi connectivity index (χ2v) is 7.25. The summed E-state index contributed by atoms with van der Waals surface area (Å²) < 4.78 is 11.6. The van der Waals surface area contributed by atoms with Crippen LogP contribution >= 0.6 is 27.5 Å². The average molecular weight is 442 g/mol. The van der Waals surface area contributed by atoms with Crippen LogP contribution in [0.3, 0.4) is 0 Å². The number of rotatable bonds is 8. The Morgan fingerprint density at radius 1 is 1.27 bits per heavy atom. The van der Waals surface area contributed by atoms with Crippen LogP contribution in [0.1, 0.15) is 11.6 Å². The van der Waals surface area contributed by atoms with E-state index in [9.17, 15) is 4.79 Å². The molecule has 0 spiro atoms. The van der Waals surface area contributed by atoms with Crippen molar-refractivity contribution in [3.63, 3.8) is 0 Å². The van der Waals surface area contributed by atoms with E-state index in [1.807, 2.05) is 49.3 Å². The third-order valence-electron chi connectivity index (χ3n) is 3.85. The molecule has 2 aromatic rings. The van der Waals surface area contributed by atoms with Crippen LogP contribution < -0.4 is 14.8 Å². The minimum absolute atomic E-state index is 0.0188. The second kappa shape index (κ2) is 9.80. The first-order chi connectivity index (χ1) is 12.4. The highest BCUT2D eigenvalue weighted by molar-refractivity contribution is 9.10. The highest BCUT2D eigenvalue weighted by Gasteiger charge is 2.16. The van der Waals surface area contributed by atoms with Gasteiger partial charge in [0.25, 0.3) is 5.91 Å². The summed E-state index contributed by atoms with van der Waals surface area (Å²) in [5, 5.41) is 3.36. The van der Waals surface area contributed by atoms with Crippen LogP contribution in [0, 0.1) is 0 Å². The number of likely N-dealkylation sites (N-methyl/N-ethyl adjacent to an activating group) is 1. The van der Waals surface area contributed by atoms with Gasteiger partial charge in [0.15, 0.2) is 6.61 Å². The van der Waals surface area contributed by atoms with Gasteiger partial charge in [-0.05, 0) is 50.0 Å². The Morgan fingerprint density at radius 2 is 2.04 bits per heavy atom. The SMILES string of the molecule is COc1cccc(C(CNC(=O)COc2ccc(Br)cc2Cl)N(C)C)c1. The number of nitrogens with zero attached hydrogens (tertiary/aromatic N) is 1. The van der Waals surface area contributed by atoms with Crippen molar-refractivity contribution in [3.8, 4) is 11.5 Å². The van der Waals surface area contributed by atoms with Gasteiger partial charge in [0.1, 0.15) is 11.5 Å². The van der Waals surface area contributed by atoms with E-state index in [4.69, 9.17) is 21.1 Å². The molecule has 0 saturated heterocycles. The standard InChI is InChI=1S/C19H22BrClN2O3/c1-23(2)17(13-5-4-6-15(9-13)25-3)11-22-19(24)12-26-18-8-7-14(20)10-16(18)21/h4-10,17H,11-12H2,1-3H3,(H,22,24). The zero-order valence-corrected chi connectivity index (χ0v) is 17.3. The summed E-state index contributed by atoms with van der Waals surface area (Å²) in [5.41, 5.74) is 1.06. The first kappa shape index (κ1) is 20.6. The lowest BCUT2D eigenvalue weighted by molar-refractivity contribution is -0.123. The molecule has 7 heteroatoms. The zero-order valence-electron chi connectivity index (χ0n) is 15.0. The molecule has 1 unspecified atom stereocenters. The molecule has 1 N–H and O–H groups in total. The van der Waals surface area contributed by atoms with E-state index >= 15 is 0 Å². The third-order valence-corrected chi connectivity index (χ3v) is 4.64. The summed E-state index contributed by atoms with van der Waals surface area (Å²) in [6.45, 7) is 0.357. The average Bonchev–Trinajstić information content (AvgIpc) is 2.61. The molecule has 0 aliphatic carbocycles. The maximum absolute atomic E-state index is 12.1. The van der Waals surface area contributed by atoms with E-state index < -0.39 is 0 Å². The number of hydrogen-bond acceptors (Lipinski definition) is 4. The lowest BCUT2D eigenvalue weighted by Crippen LogP contribution is -2.36. The normalized spacial score (nSPS) is 11.9. The van der Waals surface area contributed by atoms with E-state index in [1.165, 1.54) is 0 Å². The first-order valence-electron chi connectivity index (χ1n) is 8.05. The molecule has 1 amide bonds. The number of methoxy groups -OCH3 is 1. The summed E-state index contributed by atoms with van der Waals surface area (Å²) in [5.74, 6) is 1.05. The van der Waals surface area contributed by atoms with Crippen molar-refractivity contribution in [1.29, 1.82) is 0 Å². The Kier molecular flexibility index (Phi) is 7.75. The van der Waals surface area contributed by atoms with E-state index in [0.717, 1.165) is 15.8 Å². The van der Waals surface area contributed by atoms with E-state index in [-0.39, 0.29) is 18.6 Å². The van der Waals surface area contributed by atoms with Crippen molar-refractivity contribution in [3.05, 3.63) is 57.5 Å². The van der Waals surface area contributed by atoms with Gasteiger partial charge in [-0.2, -0.15) is 0 Å². The Bertz CT molecular complexity index is 755. The van der Waals surface area contributed by atoms with Crippen LogP contribution in [-0.2, 0) is 4.79 Å². The fourth-order valence-electron chi connectivity index (χ4n) is 2.44. The summed E-state index contributed by atoms with van der Waals surface area (Å²) in [4.78, 5) is 14.2. The van der Waals surface area contributed by atoms with Gasteiger partial charge >= 0.3 is 0 Å². The molecule has 0 fully saturated rings. The van der Waals surface area contributed by atoms with Gasteiger partial charge in [0.2, 0.25) is 0 Å². The van der Waals surface area contributed by atoms with Crippen molar-refractivity contribution in [2.24, 2.45) is 0 Å². The van der Waals surface area contributed by atoms with Gasteiger partial charge in [-0.3, -0.25) is 4.79 Å². The van der Waals surface area contributed by atoms with Crippen molar-refractivity contribution in [1.82, 2.24) is 10.2 Å². The number of carbonyl (C=O) groups is 1. The highest BCUT2D eigenvalue weighted by atomic mass is 79.9. The lowest BCUT2D eigenvalue weighted by Gasteiger charge is -2.25. The minimum Gasteiger partial charge on any atom is -0.497 e. The molecule has 5 nitrogen and oxygen atoms in total. The number of nitrogens with one attached hydrogen (secondary N) is 1. The van der Waals surface area contributed by atoms with Crippen LogP contribution in [0.15, 0.2) is 46.9 Å². The molecular formula is C19H22BrClN2O3. The topological polar surface area (TPSA) is 50.8 Å². The maximum atomic E-state index is 12.1. The van der Waals surface area contributed by atoms with Gasteiger partial charge in [0, 0.05) is 11.0 Å². The monoisotopic (exact) mass is 440 g/mol. The van der Waals surface area contributed by atoms with Crippen LogP contribution in [0.2, 0.25) is 5.02 Å². The fraction of sp³-hybridized carbons (Fsp3) is 0.316. The Balaban J connectivity index is 1.92. The van der Waals surface area contributed by atoms with E-state index in [0.29, 0.717) is 17.3 Å². The summed E-state index contributed by atoms with van der Waals surface area (Å²) in [6.07, 6.45) is 0. The molecule has 0 bridgehead atoms. The predicted molar refractivity (Wildman–Crippen MR) is 107 cm³/mol. The van der Waals surface area contributed by atoms with Crippen molar-refractivity contribution < 1.29 is 14.3 Å². The highest BCUT2D eigenvalue weighted by Crippen LogP contribution is 2.27. The van der Waals surface area contributed by atoms with Crippen LogP contribution in [-0.4, -0.2) is 45.2 Å². The molecule has 0 aliphatic heterocycles. The van der Waals surface area contributed by atoms with Gasteiger partial charge in [-0.1, -0.05) is 39.7 Å². The van der Waals surface area contributed by atoms with Gasteiger partial charge in [0.05, 0.1) is 18.2 Å². The molecule has 0 aromatic heterocycles. The van der Waals surface area contributed by atoms with Gasteiger partial charge in [-0.25, -0.2) is 0 Å². The van der Waals surface area contributed by atoms with Crippen molar-refractivity contribution >= 4 is 33.4 Å². The van der Waals surface area contributed by atoms with Crippen LogP contribution in [0.4, 0.5) is 0 Å². The van der Waals surface area contributed by atoms with Crippen LogP contribution in [0.5, 0.6) is 11.5 Å². The Labute approximate surface area is 167 Å². The molecule has 0 aliphatic rings. The smallest absolute Gasteiger partial charge is 0.258 e. The number of benzene rings is 2. The Morgan fingerprint density at radius 3 is 2.69 bits per heavy atom. The molecule has 0 saturated carbocycles. The Hall–Kier alpha value is -1.76. The molecule has 140 valence electrons. The molecule has 2 aromatic carbocycles. The number of amides is 1. The van der Waals surface area contributed by atoms with Gasteiger partial charge < -0.3 is 19.7 Å². The summed E-state index contributed by atoms with van der Waals surface area (Å²) in [7, 11) is 5.57. The van der Waals surface area contributed by atoms with Crippen molar-refractivity contribution in [2.75, 3.05) is 34.4 Å². The first-order valence-corrected chi connectivity index (χ1v) is 9.22.